The molecule has 0 unspecified atom stereocenters. The Labute approximate surface area is 155 Å². The number of benzene rings is 1. The third kappa shape index (κ3) is 3.28. The van der Waals surface area contributed by atoms with Crippen molar-refractivity contribution in [3.63, 3.8) is 0 Å². The summed E-state index contributed by atoms with van der Waals surface area (Å²) in [6.45, 7) is 2.07. The maximum Gasteiger partial charge on any atom is 0.149 e. The summed E-state index contributed by atoms with van der Waals surface area (Å²) in [6, 6.07) is 14.0. The minimum Gasteiger partial charge on any atom is -0.382 e. The molecule has 0 saturated heterocycles. The van der Waals surface area contributed by atoms with E-state index < -0.39 is 0 Å². The van der Waals surface area contributed by atoms with E-state index in [1.807, 2.05) is 54.0 Å². The Morgan fingerprint density at radius 3 is 2.85 bits per heavy atom. The average molecular weight is 356 g/mol. The van der Waals surface area contributed by atoms with Crippen LogP contribution in [0.5, 0.6) is 0 Å². The molecule has 4 nitrogen and oxygen atoms in total. The van der Waals surface area contributed by atoms with Gasteiger partial charge in [-0.05, 0) is 31.2 Å². The Balaban J connectivity index is 1.67. The molecule has 126 valence electrons. The van der Waals surface area contributed by atoms with Crippen LogP contribution in [0.1, 0.15) is 23.4 Å². The number of thiazole rings is 1. The molecule has 4 rings (SSSR count). The molecule has 3 aromatic heterocycles. The summed E-state index contributed by atoms with van der Waals surface area (Å²) < 4.78 is 0. The van der Waals surface area contributed by atoms with E-state index in [0.717, 1.165) is 32.7 Å². The van der Waals surface area contributed by atoms with E-state index in [0.29, 0.717) is 5.82 Å². The van der Waals surface area contributed by atoms with Gasteiger partial charge in [-0.25, -0.2) is 15.0 Å². The van der Waals surface area contributed by atoms with Crippen molar-refractivity contribution in [1.82, 2.24) is 15.0 Å². The quantitative estimate of drug-likeness (QED) is 0.538. The molecule has 1 aromatic carbocycles. The zero-order chi connectivity index (χ0) is 17.9. The van der Waals surface area contributed by atoms with Crippen molar-refractivity contribution in [2.45, 2.75) is 12.8 Å². The number of anilines is 1. The fourth-order valence-electron chi connectivity index (χ4n) is 2.69. The van der Waals surface area contributed by atoms with Crippen molar-refractivity contribution in [2.75, 3.05) is 5.73 Å². The van der Waals surface area contributed by atoms with Gasteiger partial charge < -0.3 is 5.73 Å². The van der Waals surface area contributed by atoms with E-state index >= 15 is 0 Å². The van der Waals surface area contributed by atoms with Crippen LogP contribution in [0.2, 0.25) is 0 Å². The van der Waals surface area contributed by atoms with Crippen LogP contribution >= 0.6 is 11.3 Å². The molecule has 0 bridgehead atoms. The molecule has 5 heteroatoms. The Morgan fingerprint density at radius 2 is 2.00 bits per heavy atom. The second-order valence-corrected chi connectivity index (χ2v) is 6.83. The maximum atomic E-state index is 5.96. The molecule has 0 fully saturated rings. The highest BCUT2D eigenvalue weighted by molar-refractivity contribution is 7.09. The summed E-state index contributed by atoms with van der Waals surface area (Å²) >= 11 is 1.63. The van der Waals surface area contributed by atoms with Gasteiger partial charge in [-0.15, -0.1) is 11.3 Å². The predicted octanol–water partition coefficient (Wildman–Crippen LogP) is 4.49. The highest BCUT2D eigenvalue weighted by atomic mass is 32.1. The lowest BCUT2D eigenvalue weighted by molar-refractivity contribution is 0.978. The largest absolute Gasteiger partial charge is 0.382 e. The van der Waals surface area contributed by atoms with Crippen LogP contribution in [0.3, 0.4) is 0 Å². The van der Waals surface area contributed by atoms with E-state index in [-0.39, 0.29) is 5.92 Å². The van der Waals surface area contributed by atoms with E-state index in [9.17, 15) is 0 Å². The first-order chi connectivity index (χ1) is 12.7. The average Bonchev–Trinajstić information content (AvgIpc) is 3.21. The van der Waals surface area contributed by atoms with Crippen LogP contribution in [-0.2, 0) is 0 Å². The summed E-state index contributed by atoms with van der Waals surface area (Å²) in [5.74, 6) is 7.07. The smallest absolute Gasteiger partial charge is 0.149 e. The van der Waals surface area contributed by atoms with Crippen LogP contribution in [0.15, 0.2) is 60.2 Å². The Morgan fingerprint density at radius 1 is 1.08 bits per heavy atom. The molecule has 26 heavy (non-hydrogen) atoms. The summed E-state index contributed by atoms with van der Waals surface area (Å²) in [5.41, 5.74) is 9.49. The molecule has 0 amide bonds. The van der Waals surface area contributed by atoms with Gasteiger partial charge in [0, 0.05) is 34.3 Å². The Kier molecular flexibility index (Phi) is 4.34. The van der Waals surface area contributed by atoms with Gasteiger partial charge in [0.15, 0.2) is 0 Å². The normalized spacial score (nSPS) is 11.7. The highest BCUT2D eigenvalue weighted by Gasteiger charge is 2.06. The summed E-state index contributed by atoms with van der Waals surface area (Å²) in [6.07, 6.45) is 3.50. The monoisotopic (exact) mass is 356 g/mol. The van der Waals surface area contributed by atoms with Crippen LogP contribution in [0.4, 0.5) is 5.82 Å². The lowest BCUT2D eigenvalue weighted by atomic mass is 10.1. The number of nitrogen functional groups attached to an aromatic ring is 1. The highest BCUT2D eigenvalue weighted by Crippen LogP contribution is 2.24. The number of nitrogens with zero attached hydrogens (tertiary/aromatic N) is 3. The van der Waals surface area contributed by atoms with E-state index in [1.165, 1.54) is 0 Å². The fraction of sp³-hybridized carbons (Fsp3) is 0.0952. The number of aromatic nitrogens is 3. The first-order valence-electron chi connectivity index (χ1n) is 8.23. The molecule has 0 aliphatic rings. The summed E-state index contributed by atoms with van der Waals surface area (Å²) in [4.78, 5) is 13.1. The third-order valence-corrected chi connectivity index (χ3v) is 5.01. The third-order valence-electron chi connectivity index (χ3n) is 4.05. The lowest BCUT2D eigenvalue weighted by Crippen LogP contribution is -1.94. The molecule has 0 aliphatic heterocycles. The van der Waals surface area contributed by atoms with Gasteiger partial charge in [-0.3, -0.25) is 0 Å². The standard InChI is InChI=1S/C21H16N4S/c1-14(21-24-11-12-26-21)5-6-15-3-2-4-17(13-15)18-8-7-16-9-10-23-20(22)19(16)25-18/h2-4,7-14H,1H3,(H2,22,23)/t14-/m0/s1. The van der Waals surface area contributed by atoms with Gasteiger partial charge >= 0.3 is 0 Å². The first kappa shape index (κ1) is 16.2. The number of nitrogens with two attached hydrogens (primary N) is 1. The molecule has 2 N–H and O–H groups in total. The van der Waals surface area contributed by atoms with Gasteiger partial charge in [-0.2, -0.15) is 0 Å². The maximum absolute atomic E-state index is 5.96. The topological polar surface area (TPSA) is 64.7 Å². The van der Waals surface area contributed by atoms with E-state index in [2.05, 4.69) is 33.7 Å². The van der Waals surface area contributed by atoms with Crippen molar-refractivity contribution in [3.05, 3.63) is 70.8 Å². The van der Waals surface area contributed by atoms with Gasteiger partial charge in [-0.1, -0.05) is 30.0 Å². The van der Waals surface area contributed by atoms with E-state index in [4.69, 9.17) is 5.73 Å². The van der Waals surface area contributed by atoms with Crippen molar-refractivity contribution in [2.24, 2.45) is 0 Å². The molecule has 3 heterocycles. The molecule has 0 radical (unpaired) electrons. The van der Waals surface area contributed by atoms with Crippen molar-refractivity contribution in [3.8, 4) is 23.1 Å². The minimum atomic E-state index is 0.114. The van der Waals surface area contributed by atoms with Crippen LogP contribution < -0.4 is 5.73 Å². The SMILES string of the molecule is C[C@@H](C#Cc1cccc(-c2ccc3ccnc(N)c3n2)c1)c1nccs1. The molecule has 4 aromatic rings. The van der Waals surface area contributed by atoms with Gasteiger partial charge in [0.05, 0.1) is 11.6 Å². The summed E-state index contributed by atoms with van der Waals surface area (Å²) in [5, 5.41) is 3.99. The fourth-order valence-corrected chi connectivity index (χ4v) is 3.33. The van der Waals surface area contributed by atoms with Crippen molar-refractivity contribution < 1.29 is 0 Å². The zero-order valence-corrected chi connectivity index (χ0v) is 15.0. The second-order valence-electron chi connectivity index (χ2n) is 5.91. The summed E-state index contributed by atoms with van der Waals surface area (Å²) in [7, 11) is 0. The van der Waals surface area contributed by atoms with Crippen LogP contribution in [0, 0.1) is 11.8 Å². The molecule has 0 saturated carbocycles. The zero-order valence-electron chi connectivity index (χ0n) is 14.2. The molecule has 0 aliphatic carbocycles. The molecule has 1 atom stereocenters. The predicted molar refractivity (Wildman–Crippen MR) is 107 cm³/mol. The van der Waals surface area contributed by atoms with Crippen molar-refractivity contribution in [1.29, 1.82) is 0 Å². The molecule has 0 spiro atoms. The van der Waals surface area contributed by atoms with Crippen molar-refractivity contribution >= 4 is 28.1 Å². The van der Waals surface area contributed by atoms with Gasteiger partial charge in [0.2, 0.25) is 0 Å². The van der Waals surface area contributed by atoms with Crippen LogP contribution in [0.25, 0.3) is 22.2 Å². The number of pyridine rings is 2. The van der Waals surface area contributed by atoms with Gasteiger partial charge in [0.25, 0.3) is 0 Å². The van der Waals surface area contributed by atoms with E-state index in [1.54, 1.807) is 17.5 Å². The minimum absolute atomic E-state index is 0.114. The lowest BCUT2D eigenvalue weighted by Gasteiger charge is -2.05. The van der Waals surface area contributed by atoms with Gasteiger partial charge in [0.1, 0.15) is 16.3 Å². The second kappa shape index (κ2) is 6.95. The number of fused-ring (bicyclic) bond motifs is 1. The number of hydrogen-bond acceptors (Lipinski definition) is 5. The Hall–Kier alpha value is -3.23. The van der Waals surface area contributed by atoms with Crippen LogP contribution in [-0.4, -0.2) is 15.0 Å². The molecular weight excluding hydrogens is 340 g/mol. The first-order valence-corrected chi connectivity index (χ1v) is 9.11. The number of hydrogen-bond donors (Lipinski definition) is 1. The number of rotatable bonds is 2. The molecular formula is C21H16N4S. The Bertz CT molecular complexity index is 1120.